The van der Waals surface area contributed by atoms with Gasteiger partial charge < -0.3 is 15.6 Å². The van der Waals surface area contributed by atoms with Crippen LogP contribution in [-0.2, 0) is 0 Å². The van der Waals surface area contributed by atoms with Gasteiger partial charge in [0.05, 0.1) is 27.8 Å². The van der Waals surface area contributed by atoms with Crippen LogP contribution in [0.1, 0.15) is 22.7 Å². The Morgan fingerprint density at radius 3 is 2.67 bits per heavy atom. The molecule has 0 saturated heterocycles. The van der Waals surface area contributed by atoms with Gasteiger partial charge in [0.15, 0.2) is 5.75 Å². The number of rotatable bonds is 3. The molecule has 3 aromatic carbocycles. The highest BCUT2D eigenvalue weighted by molar-refractivity contribution is 5.84. The largest absolute Gasteiger partial charge is 0.502 e. The number of nitrogens with two attached hydrogens (primary N) is 1. The van der Waals surface area contributed by atoms with Crippen molar-refractivity contribution in [3.63, 3.8) is 0 Å². The molecule has 1 aliphatic heterocycles. The molecule has 1 aliphatic rings. The number of ether oxygens (including phenoxy) is 1. The molecule has 1 atom stereocenters. The van der Waals surface area contributed by atoms with E-state index in [4.69, 9.17) is 10.5 Å². The summed E-state index contributed by atoms with van der Waals surface area (Å²) in [7, 11) is 0. The molecule has 1 aromatic heterocycles. The summed E-state index contributed by atoms with van der Waals surface area (Å²) in [5.74, 6) is -0.977. The molecule has 4 aromatic rings. The van der Waals surface area contributed by atoms with Crippen LogP contribution in [0.15, 0.2) is 72.1 Å². The standard InChI is InChI=1S/C24H17N5O4/c1-13-21-22(16-7-9-20(30)19(11-16)29(31)32)18(12-25)23(26)33-24(21)28(27-13)17-8-6-14-4-2-3-5-15(14)10-17/h2-11,22,30H,26H2,1H3/t22-/m0/s1. The number of allylic oxidation sites excluding steroid dienone is 1. The van der Waals surface area contributed by atoms with Crippen molar-refractivity contribution in [1.29, 1.82) is 5.26 Å². The Hall–Kier alpha value is -4.84. The smallest absolute Gasteiger partial charge is 0.311 e. The Morgan fingerprint density at radius 2 is 1.94 bits per heavy atom. The van der Waals surface area contributed by atoms with Crippen LogP contribution in [0.3, 0.4) is 0 Å². The van der Waals surface area contributed by atoms with Crippen molar-refractivity contribution in [3.8, 4) is 23.4 Å². The number of benzene rings is 3. The Kier molecular flexibility index (Phi) is 4.50. The monoisotopic (exact) mass is 439 g/mol. The maximum Gasteiger partial charge on any atom is 0.311 e. The Balaban J connectivity index is 1.73. The SMILES string of the molecule is Cc1nn(-c2ccc3ccccc3c2)c2c1[C@@H](c1ccc(O)c([N+](=O)[O-])c1)C(C#N)=C(N)O2. The van der Waals surface area contributed by atoms with Crippen molar-refractivity contribution < 1.29 is 14.8 Å². The summed E-state index contributed by atoms with van der Waals surface area (Å²) in [5, 5.41) is 37.8. The first kappa shape index (κ1) is 20.1. The summed E-state index contributed by atoms with van der Waals surface area (Å²) in [4.78, 5) is 10.7. The number of nitrogens with zero attached hydrogens (tertiary/aromatic N) is 4. The first-order chi connectivity index (χ1) is 15.9. The summed E-state index contributed by atoms with van der Waals surface area (Å²) >= 11 is 0. The fraction of sp³-hybridized carbons (Fsp3) is 0.0833. The lowest BCUT2D eigenvalue weighted by Crippen LogP contribution is -2.22. The average Bonchev–Trinajstić information content (AvgIpc) is 3.13. The molecule has 162 valence electrons. The predicted molar refractivity (Wildman–Crippen MR) is 120 cm³/mol. The van der Waals surface area contributed by atoms with E-state index in [-0.39, 0.29) is 11.5 Å². The number of aromatic nitrogens is 2. The van der Waals surface area contributed by atoms with E-state index in [1.807, 2.05) is 42.5 Å². The Bertz CT molecular complexity index is 1530. The number of nitro benzene ring substituents is 1. The first-order valence-electron chi connectivity index (χ1n) is 10.0. The van der Waals surface area contributed by atoms with E-state index in [1.165, 1.54) is 18.2 Å². The second kappa shape index (κ2) is 7.39. The second-order valence-corrected chi connectivity index (χ2v) is 7.68. The highest BCUT2D eigenvalue weighted by Gasteiger charge is 2.37. The topological polar surface area (TPSA) is 140 Å². The summed E-state index contributed by atoms with van der Waals surface area (Å²) < 4.78 is 7.47. The Morgan fingerprint density at radius 1 is 1.18 bits per heavy atom. The summed E-state index contributed by atoms with van der Waals surface area (Å²) in [6.07, 6.45) is 0. The van der Waals surface area contributed by atoms with Crippen LogP contribution >= 0.6 is 0 Å². The molecule has 3 N–H and O–H groups in total. The van der Waals surface area contributed by atoms with E-state index in [0.29, 0.717) is 22.7 Å². The van der Waals surface area contributed by atoms with Gasteiger partial charge in [0.25, 0.3) is 0 Å². The number of aromatic hydroxyl groups is 1. The summed E-state index contributed by atoms with van der Waals surface area (Å²) in [5.41, 5.74) is 8.09. The molecule has 33 heavy (non-hydrogen) atoms. The van der Waals surface area contributed by atoms with Crippen LogP contribution in [0.25, 0.3) is 16.5 Å². The minimum Gasteiger partial charge on any atom is -0.502 e. The van der Waals surface area contributed by atoms with E-state index in [9.17, 15) is 20.5 Å². The zero-order valence-corrected chi connectivity index (χ0v) is 17.4. The molecule has 2 heterocycles. The molecule has 0 fully saturated rings. The van der Waals surface area contributed by atoms with Gasteiger partial charge >= 0.3 is 5.69 Å². The molecule has 0 amide bonds. The van der Waals surface area contributed by atoms with Gasteiger partial charge in [0, 0.05) is 6.07 Å². The molecule has 0 spiro atoms. The molecule has 9 heteroatoms. The van der Waals surface area contributed by atoms with Gasteiger partial charge in [0.1, 0.15) is 11.6 Å². The van der Waals surface area contributed by atoms with Crippen molar-refractivity contribution in [2.75, 3.05) is 0 Å². The van der Waals surface area contributed by atoms with E-state index in [1.54, 1.807) is 11.6 Å². The van der Waals surface area contributed by atoms with Crippen molar-refractivity contribution in [1.82, 2.24) is 9.78 Å². The maximum atomic E-state index is 11.4. The third-order valence-electron chi connectivity index (χ3n) is 5.74. The van der Waals surface area contributed by atoms with E-state index >= 15 is 0 Å². The van der Waals surface area contributed by atoms with Gasteiger partial charge in [-0.05, 0) is 41.5 Å². The fourth-order valence-corrected chi connectivity index (χ4v) is 4.20. The maximum absolute atomic E-state index is 11.4. The van der Waals surface area contributed by atoms with E-state index < -0.39 is 22.3 Å². The van der Waals surface area contributed by atoms with Crippen LogP contribution in [0.5, 0.6) is 11.6 Å². The molecule has 0 saturated carbocycles. The van der Waals surface area contributed by atoms with Crippen LogP contribution < -0.4 is 10.5 Å². The molecule has 9 nitrogen and oxygen atoms in total. The van der Waals surface area contributed by atoms with Crippen molar-refractivity contribution in [2.45, 2.75) is 12.8 Å². The van der Waals surface area contributed by atoms with Crippen molar-refractivity contribution in [2.24, 2.45) is 5.73 Å². The lowest BCUT2D eigenvalue weighted by molar-refractivity contribution is -0.385. The van der Waals surface area contributed by atoms with Crippen LogP contribution in [0.4, 0.5) is 5.69 Å². The summed E-state index contributed by atoms with van der Waals surface area (Å²) in [6.45, 7) is 1.78. The fourth-order valence-electron chi connectivity index (χ4n) is 4.20. The second-order valence-electron chi connectivity index (χ2n) is 7.68. The van der Waals surface area contributed by atoms with E-state index in [0.717, 1.165) is 16.5 Å². The van der Waals surface area contributed by atoms with Gasteiger partial charge in [-0.25, -0.2) is 4.68 Å². The van der Waals surface area contributed by atoms with Crippen LogP contribution in [0, 0.1) is 28.4 Å². The minimum atomic E-state index is -0.743. The normalized spacial score (nSPS) is 15.1. The number of nitro groups is 1. The highest BCUT2D eigenvalue weighted by Crippen LogP contribution is 2.46. The molecule has 5 rings (SSSR count). The average molecular weight is 439 g/mol. The van der Waals surface area contributed by atoms with Gasteiger partial charge in [-0.2, -0.15) is 10.4 Å². The van der Waals surface area contributed by atoms with E-state index in [2.05, 4.69) is 11.2 Å². The zero-order valence-electron chi connectivity index (χ0n) is 17.4. The molecule has 0 aliphatic carbocycles. The third kappa shape index (κ3) is 3.13. The van der Waals surface area contributed by atoms with Gasteiger partial charge in [0.2, 0.25) is 11.8 Å². The lowest BCUT2D eigenvalue weighted by atomic mass is 9.84. The van der Waals surface area contributed by atoms with Gasteiger partial charge in [-0.3, -0.25) is 10.1 Å². The first-order valence-corrected chi connectivity index (χ1v) is 10.0. The number of hydrogen-bond acceptors (Lipinski definition) is 7. The molecular formula is C24H17N5O4. The molecular weight excluding hydrogens is 422 g/mol. The van der Waals surface area contributed by atoms with Gasteiger partial charge in [-0.1, -0.05) is 36.4 Å². The molecule has 0 unspecified atom stereocenters. The zero-order chi connectivity index (χ0) is 23.3. The van der Waals surface area contributed by atoms with Crippen molar-refractivity contribution in [3.05, 3.63) is 99.1 Å². The number of fused-ring (bicyclic) bond motifs is 2. The Labute approximate surface area is 187 Å². The van der Waals surface area contributed by atoms with Crippen LogP contribution in [0.2, 0.25) is 0 Å². The quantitative estimate of drug-likeness (QED) is 0.361. The number of hydrogen-bond donors (Lipinski definition) is 2. The number of aryl methyl sites for hydroxylation is 1. The number of phenols is 1. The number of phenolic OH excluding ortho intramolecular Hbond substituents is 1. The van der Waals surface area contributed by atoms with Crippen LogP contribution in [-0.4, -0.2) is 19.8 Å². The third-order valence-corrected chi connectivity index (χ3v) is 5.74. The summed E-state index contributed by atoms with van der Waals surface area (Å²) in [6, 6.07) is 19.8. The molecule has 0 bridgehead atoms. The molecule has 0 radical (unpaired) electrons. The van der Waals surface area contributed by atoms with Gasteiger partial charge in [-0.15, -0.1) is 0 Å². The number of nitriles is 1. The highest BCUT2D eigenvalue weighted by atomic mass is 16.6. The lowest BCUT2D eigenvalue weighted by Gasteiger charge is -2.24. The predicted octanol–water partition coefficient (Wildman–Crippen LogP) is 4.17. The van der Waals surface area contributed by atoms with Crippen molar-refractivity contribution >= 4 is 16.5 Å². The minimum absolute atomic E-state index is 0.104.